The molecule has 0 bridgehead atoms. The summed E-state index contributed by atoms with van der Waals surface area (Å²) in [5, 5.41) is 12.4. The average Bonchev–Trinajstić information content (AvgIpc) is 3.15. The van der Waals surface area contributed by atoms with Crippen molar-refractivity contribution in [2.24, 2.45) is 5.92 Å². The van der Waals surface area contributed by atoms with Crippen LogP contribution in [0.25, 0.3) is 0 Å². The van der Waals surface area contributed by atoms with Gasteiger partial charge in [0.2, 0.25) is 0 Å². The Kier molecular flexibility index (Phi) is 3.57. The zero-order valence-corrected chi connectivity index (χ0v) is 10.8. The molecule has 1 atom stereocenters. The van der Waals surface area contributed by atoms with Crippen LogP contribution in [0.3, 0.4) is 0 Å². The lowest BCUT2D eigenvalue weighted by molar-refractivity contribution is -0.147. The van der Waals surface area contributed by atoms with Crippen molar-refractivity contribution in [3.05, 3.63) is 29.8 Å². The van der Waals surface area contributed by atoms with Gasteiger partial charge in [-0.2, -0.15) is 0 Å². The van der Waals surface area contributed by atoms with Gasteiger partial charge in [0.1, 0.15) is 12.4 Å². The fraction of sp³-hybridized carbons (Fsp3) is 0.500. The van der Waals surface area contributed by atoms with E-state index in [9.17, 15) is 9.90 Å². The Balaban J connectivity index is 2.08. The summed E-state index contributed by atoms with van der Waals surface area (Å²) in [6, 6.07) is 7.65. The van der Waals surface area contributed by atoms with Crippen molar-refractivity contribution in [2.45, 2.75) is 25.3 Å². The van der Waals surface area contributed by atoms with E-state index in [1.54, 1.807) is 7.05 Å². The molecule has 1 aliphatic carbocycles. The van der Waals surface area contributed by atoms with Crippen LogP contribution in [0, 0.1) is 12.8 Å². The molecule has 4 heteroatoms. The monoisotopic (exact) mass is 249 g/mol. The highest BCUT2D eigenvalue weighted by atomic mass is 16.5. The third kappa shape index (κ3) is 2.48. The van der Waals surface area contributed by atoms with Crippen LogP contribution >= 0.6 is 0 Å². The Hall–Kier alpha value is -1.55. The van der Waals surface area contributed by atoms with Crippen molar-refractivity contribution in [3.8, 4) is 5.75 Å². The summed E-state index contributed by atoms with van der Waals surface area (Å²) < 4.78 is 5.66. The van der Waals surface area contributed by atoms with E-state index in [4.69, 9.17) is 4.74 Å². The van der Waals surface area contributed by atoms with E-state index < -0.39 is 11.5 Å². The number of aryl methyl sites for hydroxylation is 1. The number of benzene rings is 1. The first-order valence-electron chi connectivity index (χ1n) is 6.20. The fourth-order valence-corrected chi connectivity index (χ4v) is 2.22. The smallest absolute Gasteiger partial charge is 0.327 e. The molecule has 1 saturated carbocycles. The highest BCUT2D eigenvalue weighted by Gasteiger charge is 2.51. The Morgan fingerprint density at radius 2 is 2.28 bits per heavy atom. The maximum atomic E-state index is 11.5. The van der Waals surface area contributed by atoms with Crippen molar-refractivity contribution in [2.75, 3.05) is 13.7 Å². The number of rotatable bonds is 6. The van der Waals surface area contributed by atoms with Gasteiger partial charge in [0, 0.05) is 0 Å². The topological polar surface area (TPSA) is 58.6 Å². The first-order valence-corrected chi connectivity index (χ1v) is 6.20. The molecule has 1 aliphatic rings. The molecule has 0 amide bonds. The lowest BCUT2D eigenvalue weighted by Gasteiger charge is -2.29. The van der Waals surface area contributed by atoms with E-state index in [2.05, 4.69) is 5.32 Å². The molecule has 98 valence electrons. The van der Waals surface area contributed by atoms with Crippen LogP contribution < -0.4 is 10.1 Å². The summed E-state index contributed by atoms with van der Waals surface area (Å²) in [6.45, 7) is 2.14. The number of hydrogen-bond donors (Lipinski definition) is 2. The zero-order chi connectivity index (χ0) is 13.2. The molecule has 0 heterocycles. The third-order valence-electron chi connectivity index (χ3n) is 3.56. The predicted molar refractivity (Wildman–Crippen MR) is 68.8 cm³/mol. The molecule has 2 N–H and O–H groups in total. The lowest BCUT2D eigenvalue weighted by atomic mass is 9.94. The van der Waals surface area contributed by atoms with Crippen LogP contribution in [-0.4, -0.2) is 30.3 Å². The number of nitrogens with one attached hydrogen (secondary N) is 1. The summed E-state index contributed by atoms with van der Waals surface area (Å²) in [5.74, 6) is 0.0569. The molecule has 0 aromatic heterocycles. The Labute approximate surface area is 107 Å². The van der Waals surface area contributed by atoms with Crippen LogP contribution in [0.4, 0.5) is 0 Å². The second-order valence-corrected chi connectivity index (χ2v) is 4.91. The van der Waals surface area contributed by atoms with Gasteiger partial charge in [0.25, 0.3) is 0 Å². The molecule has 1 unspecified atom stereocenters. The standard InChI is InChI=1S/C14H19NO3/c1-10-4-3-5-12(8-10)18-9-14(15-2,13(16)17)11-6-7-11/h3-5,8,11,15H,6-7,9H2,1-2H3,(H,16,17). The SMILES string of the molecule is CNC(COc1cccc(C)c1)(C(=O)O)C1CC1. The molecular formula is C14H19NO3. The van der Waals surface area contributed by atoms with E-state index in [1.807, 2.05) is 31.2 Å². The number of ether oxygens (including phenoxy) is 1. The number of hydrogen-bond acceptors (Lipinski definition) is 3. The first-order chi connectivity index (χ1) is 8.58. The van der Waals surface area contributed by atoms with Crippen molar-refractivity contribution in [3.63, 3.8) is 0 Å². The van der Waals surface area contributed by atoms with Gasteiger partial charge in [-0.15, -0.1) is 0 Å². The van der Waals surface area contributed by atoms with Gasteiger partial charge < -0.3 is 15.2 Å². The minimum absolute atomic E-state index is 0.160. The van der Waals surface area contributed by atoms with Gasteiger partial charge in [0.05, 0.1) is 0 Å². The number of likely N-dealkylation sites (N-methyl/N-ethyl adjacent to an activating group) is 1. The number of carboxylic acid groups (broad SMARTS) is 1. The van der Waals surface area contributed by atoms with Crippen LogP contribution in [0.5, 0.6) is 5.75 Å². The summed E-state index contributed by atoms with van der Waals surface area (Å²) in [4.78, 5) is 11.5. The minimum Gasteiger partial charge on any atom is -0.491 e. The molecule has 1 fully saturated rings. The summed E-state index contributed by atoms with van der Waals surface area (Å²) in [6.07, 6.45) is 1.90. The van der Waals surface area contributed by atoms with Gasteiger partial charge in [0.15, 0.2) is 5.54 Å². The number of aliphatic carboxylic acids is 1. The predicted octanol–water partition coefficient (Wildman–Crippen LogP) is 1.83. The molecule has 1 aromatic rings. The lowest BCUT2D eigenvalue weighted by Crippen LogP contribution is -2.56. The van der Waals surface area contributed by atoms with E-state index in [0.717, 1.165) is 24.2 Å². The van der Waals surface area contributed by atoms with Gasteiger partial charge in [-0.05, 0) is 50.4 Å². The van der Waals surface area contributed by atoms with Gasteiger partial charge in [-0.25, -0.2) is 0 Å². The number of carboxylic acids is 1. The second-order valence-electron chi connectivity index (χ2n) is 4.91. The highest BCUT2D eigenvalue weighted by molar-refractivity contribution is 5.80. The van der Waals surface area contributed by atoms with Gasteiger partial charge in [-0.1, -0.05) is 12.1 Å². The Morgan fingerprint density at radius 1 is 1.56 bits per heavy atom. The molecule has 2 rings (SSSR count). The Morgan fingerprint density at radius 3 is 2.78 bits per heavy atom. The van der Waals surface area contributed by atoms with Crippen LogP contribution in [0.15, 0.2) is 24.3 Å². The largest absolute Gasteiger partial charge is 0.491 e. The molecule has 1 aromatic carbocycles. The molecule has 18 heavy (non-hydrogen) atoms. The maximum absolute atomic E-state index is 11.5. The van der Waals surface area contributed by atoms with Crippen molar-refractivity contribution in [1.82, 2.24) is 5.32 Å². The summed E-state index contributed by atoms with van der Waals surface area (Å²) in [5.41, 5.74) is 0.147. The van der Waals surface area contributed by atoms with Gasteiger partial charge >= 0.3 is 5.97 Å². The molecular weight excluding hydrogens is 230 g/mol. The first kappa shape index (κ1) is 12.9. The van der Waals surface area contributed by atoms with E-state index >= 15 is 0 Å². The Bertz CT molecular complexity index is 442. The summed E-state index contributed by atoms with van der Waals surface area (Å²) >= 11 is 0. The quantitative estimate of drug-likeness (QED) is 0.807. The van der Waals surface area contributed by atoms with Crippen molar-refractivity contribution < 1.29 is 14.6 Å². The van der Waals surface area contributed by atoms with E-state index in [1.165, 1.54) is 0 Å². The van der Waals surface area contributed by atoms with Crippen molar-refractivity contribution >= 4 is 5.97 Å². The third-order valence-corrected chi connectivity index (χ3v) is 3.56. The maximum Gasteiger partial charge on any atom is 0.327 e. The molecule has 0 radical (unpaired) electrons. The highest BCUT2D eigenvalue weighted by Crippen LogP contribution is 2.40. The van der Waals surface area contributed by atoms with Crippen LogP contribution in [0.1, 0.15) is 18.4 Å². The average molecular weight is 249 g/mol. The fourth-order valence-electron chi connectivity index (χ4n) is 2.22. The zero-order valence-electron chi connectivity index (χ0n) is 10.8. The van der Waals surface area contributed by atoms with Crippen molar-refractivity contribution in [1.29, 1.82) is 0 Å². The normalized spacial score (nSPS) is 18.1. The molecule has 4 nitrogen and oxygen atoms in total. The van der Waals surface area contributed by atoms with Gasteiger partial charge in [-0.3, -0.25) is 4.79 Å². The molecule has 0 spiro atoms. The van der Waals surface area contributed by atoms with Crippen LogP contribution in [0.2, 0.25) is 0 Å². The number of carbonyl (C=O) groups is 1. The summed E-state index contributed by atoms with van der Waals surface area (Å²) in [7, 11) is 1.69. The second kappa shape index (κ2) is 4.98. The van der Waals surface area contributed by atoms with Crippen LogP contribution in [-0.2, 0) is 4.79 Å². The minimum atomic E-state index is -0.955. The molecule has 0 saturated heterocycles. The van der Waals surface area contributed by atoms with E-state index in [-0.39, 0.29) is 12.5 Å². The molecule has 0 aliphatic heterocycles. The van der Waals surface area contributed by atoms with E-state index in [0.29, 0.717) is 0 Å².